The topological polar surface area (TPSA) is 78.5 Å². The molecule has 20 heavy (non-hydrogen) atoms. The molecule has 1 aromatic carbocycles. The highest BCUT2D eigenvalue weighted by atomic mass is 32.2. The summed E-state index contributed by atoms with van der Waals surface area (Å²) in [5.41, 5.74) is 1.10. The number of carbonyl (C=O) groups excluding carboxylic acids is 2. The highest BCUT2D eigenvalue weighted by Gasteiger charge is 2.07. The molecule has 110 valence electrons. The number of hydrogen-bond acceptors (Lipinski definition) is 5. The van der Waals surface area contributed by atoms with E-state index in [9.17, 15) is 14.7 Å². The number of aliphatic carboxylic acids is 1. The van der Waals surface area contributed by atoms with Gasteiger partial charge in [-0.3, -0.25) is 4.79 Å². The highest BCUT2D eigenvalue weighted by molar-refractivity contribution is 8.01. The third-order valence-electron chi connectivity index (χ3n) is 2.69. The first-order valence-electron chi connectivity index (χ1n) is 6.25. The minimum atomic E-state index is -1.15. The molecule has 1 rings (SSSR count). The summed E-state index contributed by atoms with van der Waals surface area (Å²) in [6.07, 6.45) is 0.719. The summed E-state index contributed by atoms with van der Waals surface area (Å²) >= 11 is 1.05. The summed E-state index contributed by atoms with van der Waals surface area (Å²) in [4.78, 5) is 22.0. The van der Waals surface area contributed by atoms with Crippen molar-refractivity contribution < 1.29 is 19.4 Å². The second-order valence-corrected chi connectivity index (χ2v) is 5.55. The largest absolute Gasteiger partial charge is 0.549 e. The minimum absolute atomic E-state index is 0.123. The number of carboxylic acid groups (broad SMARTS) is 1. The van der Waals surface area contributed by atoms with E-state index in [2.05, 4.69) is 5.32 Å². The Bertz CT molecular complexity index is 447. The van der Waals surface area contributed by atoms with Gasteiger partial charge in [0, 0.05) is 11.8 Å². The van der Waals surface area contributed by atoms with Crippen LogP contribution in [0.5, 0.6) is 5.75 Å². The van der Waals surface area contributed by atoms with Crippen LogP contribution in [0.3, 0.4) is 0 Å². The van der Waals surface area contributed by atoms with Crippen LogP contribution in [0, 0.1) is 0 Å². The van der Waals surface area contributed by atoms with Crippen LogP contribution in [0.2, 0.25) is 0 Å². The molecule has 0 aliphatic heterocycles. The molecule has 1 atom stereocenters. The third kappa shape index (κ3) is 5.97. The molecule has 0 aromatic heterocycles. The van der Waals surface area contributed by atoms with E-state index in [1.54, 1.807) is 7.11 Å². The van der Waals surface area contributed by atoms with Crippen molar-refractivity contribution in [2.75, 3.05) is 19.4 Å². The summed E-state index contributed by atoms with van der Waals surface area (Å²) < 4.78 is 5.06. The number of rotatable bonds is 8. The van der Waals surface area contributed by atoms with Gasteiger partial charge in [-0.05, 0) is 31.0 Å². The SMILES string of the molecule is COc1ccc(CCNC(=O)CS[C@H](C)C(=O)[O-])cc1. The van der Waals surface area contributed by atoms with E-state index >= 15 is 0 Å². The standard InChI is InChI=1S/C14H19NO4S/c1-10(14(17)18)20-9-13(16)15-8-7-11-3-5-12(19-2)6-4-11/h3-6,10H,7-9H2,1-2H3,(H,15,16)(H,17,18)/p-1/t10-/m1/s1. The van der Waals surface area contributed by atoms with Crippen molar-refractivity contribution in [2.24, 2.45) is 0 Å². The van der Waals surface area contributed by atoms with E-state index in [0.717, 1.165) is 29.5 Å². The predicted octanol–water partition coefficient (Wildman–Crippen LogP) is 0.226. The molecule has 0 aliphatic carbocycles. The van der Waals surface area contributed by atoms with Gasteiger partial charge in [-0.15, -0.1) is 11.8 Å². The van der Waals surface area contributed by atoms with E-state index in [-0.39, 0.29) is 11.7 Å². The normalized spacial score (nSPS) is 11.7. The van der Waals surface area contributed by atoms with E-state index in [4.69, 9.17) is 4.74 Å². The van der Waals surface area contributed by atoms with Crippen LogP contribution in [-0.4, -0.2) is 36.5 Å². The maximum Gasteiger partial charge on any atom is 0.230 e. The van der Waals surface area contributed by atoms with Crippen LogP contribution in [-0.2, 0) is 16.0 Å². The van der Waals surface area contributed by atoms with Gasteiger partial charge < -0.3 is 20.0 Å². The number of nitrogens with one attached hydrogen (secondary N) is 1. The van der Waals surface area contributed by atoms with Gasteiger partial charge in [-0.1, -0.05) is 12.1 Å². The summed E-state index contributed by atoms with van der Waals surface area (Å²) in [5, 5.41) is 12.6. The first-order valence-corrected chi connectivity index (χ1v) is 7.30. The predicted molar refractivity (Wildman–Crippen MR) is 76.6 cm³/mol. The van der Waals surface area contributed by atoms with Crippen molar-refractivity contribution in [1.82, 2.24) is 5.32 Å². The number of methoxy groups -OCH3 is 1. The monoisotopic (exact) mass is 296 g/mol. The van der Waals surface area contributed by atoms with Gasteiger partial charge in [0.05, 0.1) is 18.8 Å². The summed E-state index contributed by atoms with van der Waals surface area (Å²) in [7, 11) is 1.61. The summed E-state index contributed by atoms with van der Waals surface area (Å²) in [6.45, 7) is 2.02. The lowest BCUT2D eigenvalue weighted by Gasteiger charge is -2.11. The molecule has 0 heterocycles. The van der Waals surface area contributed by atoms with E-state index in [1.165, 1.54) is 6.92 Å². The van der Waals surface area contributed by atoms with Gasteiger partial charge in [-0.2, -0.15) is 0 Å². The van der Waals surface area contributed by atoms with Crippen molar-refractivity contribution in [2.45, 2.75) is 18.6 Å². The molecule has 0 bridgehead atoms. The van der Waals surface area contributed by atoms with Crippen LogP contribution in [0.15, 0.2) is 24.3 Å². The van der Waals surface area contributed by atoms with Gasteiger partial charge >= 0.3 is 0 Å². The number of carboxylic acids is 1. The zero-order chi connectivity index (χ0) is 15.0. The van der Waals surface area contributed by atoms with E-state index in [1.807, 2.05) is 24.3 Å². The maximum atomic E-state index is 11.5. The zero-order valence-corrected chi connectivity index (χ0v) is 12.4. The first-order chi connectivity index (χ1) is 9.52. The molecule has 0 spiro atoms. The van der Waals surface area contributed by atoms with Crippen molar-refractivity contribution in [3.63, 3.8) is 0 Å². The average molecular weight is 296 g/mol. The Balaban J connectivity index is 2.22. The second kappa shape index (κ2) is 8.47. The summed E-state index contributed by atoms with van der Waals surface area (Å²) in [5.74, 6) is -0.402. The van der Waals surface area contributed by atoms with E-state index in [0.29, 0.717) is 6.54 Å². The smallest absolute Gasteiger partial charge is 0.230 e. The molecule has 0 saturated carbocycles. The summed E-state index contributed by atoms with van der Waals surface area (Å²) in [6, 6.07) is 7.62. The first kappa shape index (κ1) is 16.4. The lowest BCUT2D eigenvalue weighted by Crippen LogP contribution is -2.33. The van der Waals surface area contributed by atoms with Crippen LogP contribution < -0.4 is 15.2 Å². The van der Waals surface area contributed by atoms with Crippen LogP contribution in [0.25, 0.3) is 0 Å². The fraction of sp³-hybridized carbons (Fsp3) is 0.429. The van der Waals surface area contributed by atoms with Gasteiger partial charge in [0.2, 0.25) is 5.91 Å². The van der Waals surface area contributed by atoms with E-state index < -0.39 is 11.2 Å². The molecule has 0 fully saturated rings. The molecule has 0 saturated heterocycles. The maximum absolute atomic E-state index is 11.5. The molecule has 0 radical (unpaired) electrons. The molecule has 0 aliphatic rings. The Kier molecular flexibility index (Phi) is 6.93. The molecule has 1 aromatic rings. The Morgan fingerprint density at radius 3 is 2.55 bits per heavy atom. The zero-order valence-electron chi connectivity index (χ0n) is 11.5. The molecule has 1 N–H and O–H groups in total. The number of benzene rings is 1. The molecule has 5 nitrogen and oxygen atoms in total. The van der Waals surface area contributed by atoms with Crippen molar-refractivity contribution >= 4 is 23.6 Å². The fourth-order valence-corrected chi connectivity index (χ4v) is 2.10. The van der Waals surface area contributed by atoms with Crippen LogP contribution >= 0.6 is 11.8 Å². The van der Waals surface area contributed by atoms with Crippen molar-refractivity contribution in [3.05, 3.63) is 29.8 Å². The van der Waals surface area contributed by atoms with Gasteiger partial charge in [-0.25, -0.2) is 0 Å². The Labute approximate surface area is 122 Å². The third-order valence-corrected chi connectivity index (χ3v) is 3.81. The number of thioether (sulfide) groups is 1. The van der Waals surface area contributed by atoms with Crippen molar-refractivity contribution in [3.8, 4) is 5.75 Å². The molecule has 6 heteroatoms. The molecular formula is C14H18NO4S-. The van der Waals surface area contributed by atoms with Crippen LogP contribution in [0.1, 0.15) is 12.5 Å². The average Bonchev–Trinajstić information content (AvgIpc) is 2.45. The number of ether oxygens (including phenoxy) is 1. The highest BCUT2D eigenvalue weighted by Crippen LogP contribution is 2.11. The quantitative estimate of drug-likeness (QED) is 0.743. The number of hydrogen-bond donors (Lipinski definition) is 1. The lowest BCUT2D eigenvalue weighted by atomic mass is 10.1. The van der Waals surface area contributed by atoms with Crippen molar-refractivity contribution in [1.29, 1.82) is 0 Å². The second-order valence-electron chi connectivity index (χ2n) is 4.22. The Morgan fingerprint density at radius 1 is 1.35 bits per heavy atom. The molecule has 0 unspecified atom stereocenters. The molecular weight excluding hydrogens is 278 g/mol. The number of carbonyl (C=O) groups is 2. The van der Waals surface area contributed by atoms with Gasteiger partial charge in [0.25, 0.3) is 0 Å². The Morgan fingerprint density at radius 2 is 2.00 bits per heavy atom. The lowest BCUT2D eigenvalue weighted by molar-refractivity contribution is -0.304. The van der Waals surface area contributed by atoms with Gasteiger partial charge in [0.1, 0.15) is 5.75 Å². The van der Waals surface area contributed by atoms with Gasteiger partial charge in [0.15, 0.2) is 0 Å². The Hall–Kier alpha value is -1.69. The fourth-order valence-electron chi connectivity index (χ4n) is 1.46. The van der Waals surface area contributed by atoms with Crippen LogP contribution in [0.4, 0.5) is 0 Å². The number of amides is 1. The molecule has 1 amide bonds. The minimum Gasteiger partial charge on any atom is -0.549 e.